The minimum absolute atomic E-state index is 0.230. The Morgan fingerprint density at radius 3 is 2.65 bits per heavy atom. The van der Waals surface area contributed by atoms with Crippen LogP contribution in [-0.2, 0) is 16.6 Å². The number of nitrogens with zero attached hydrogens (tertiary/aromatic N) is 3. The van der Waals surface area contributed by atoms with Crippen molar-refractivity contribution in [1.82, 2.24) is 19.6 Å². The fourth-order valence-corrected chi connectivity index (χ4v) is 5.23. The summed E-state index contributed by atoms with van der Waals surface area (Å²) in [6, 6.07) is 0.266. The number of hydrogen-bond donors (Lipinski definition) is 1. The van der Waals surface area contributed by atoms with Crippen molar-refractivity contribution in [2.45, 2.75) is 63.3 Å². The molecule has 1 saturated carbocycles. The lowest BCUT2D eigenvalue weighted by atomic mass is 10.1. The van der Waals surface area contributed by atoms with Crippen LogP contribution >= 0.6 is 0 Å². The topological polar surface area (TPSA) is 75.2 Å². The lowest BCUT2D eigenvalue weighted by Crippen LogP contribution is -2.33. The molecule has 0 aromatic carbocycles. The summed E-state index contributed by atoms with van der Waals surface area (Å²) in [6.07, 6.45) is 7.57. The van der Waals surface area contributed by atoms with Crippen molar-refractivity contribution < 1.29 is 8.42 Å². The Hall–Kier alpha value is -1.05. The van der Waals surface area contributed by atoms with Crippen molar-refractivity contribution in [3.05, 3.63) is 23.3 Å². The smallest absolute Gasteiger partial charge is 0.214 e. The largest absolute Gasteiger partial charge is 0.298 e. The van der Waals surface area contributed by atoms with Crippen LogP contribution in [0, 0.1) is 6.92 Å². The molecule has 23 heavy (non-hydrogen) atoms. The second-order valence-electron chi connectivity index (χ2n) is 6.74. The predicted molar refractivity (Wildman–Crippen MR) is 89.4 cm³/mol. The Morgan fingerprint density at radius 1 is 1.26 bits per heavy atom. The van der Waals surface area contributed by atoms with Gasteiger partial charge in [0.25, 0.3) is 0 Å². The van der Waals surface area contributed by atoms with Crippen molar-refractivity contribution in [2.75, 3.05) is 13.6 Å². The second-order valence-corrected chi connectivity index (χ2v) is 8.78. The Kier molecular flexibility index (Phi) is 4.98. The molecule has 1 aliphatic carbocycles. The van der Waals surface area contributed by atoms with Crippen LogP contribution in [0.5, 0.6) is 0 Å². The number of rotatable bonds is 5. The molecule has 0 bridgehead atoms. The monoisotopic (exact) mass is 338 g/mol. The zero-order valence-corrected chi connectivity index (χ0v) is 14.8. The van der Waals surface area contributed by atoms with Gasteiger partial charge in [0.05, 0.1) is 17.0 Å². The number of likely N-dealkylation sites (tertiary alicyclic amines) is 1. The van der Waals surface area contributed by atoms with E-state index in [4.69, 9.17) is 0 Å². The van der Waals surface area contributed by atoms with Crippen LogP contribution in [0.3, 0.4) is 0 Å². The minimum atomic E-state index is -3.24. The maximum Gasteiger partial charge on any atom is 0.214 e. The van der Waals surface area contributed by atoms with Crippen LogP contribution < -0.4 is 4.72 Å². The third-order valence-corrected chi connectivity index (χ3v) is 6.96. The van der Waals surface area contributed by atoms with E-state index in [-0.39, 0.29) is 11.3 Å². The summed E-state index contributed by atoms with van der Waals surface area (Å²) >= 11 is 0. The SMILES string of the molecule is Cc1ncc(CNS(=O)(=O)C2CCCC2)c(C2CCCN2C)n1. The predicted octanol–water partition coefficient (Wildman–Crippen LogP) is 1.91. The lowest BCUT2D eigenvalue weighted by molar-refractivity contribution is 0.309. The molecule has 1 aliphatic heterocycles. The van der Waals surface area contributed by atoms with E-state index in [1.54, 1.807) is 6.20 Å². The molecule has 1 saturated heterocycles. The third-order valence-electron chi connectivity index (χ3n) is 5.06. The third kappa shape index (κ3) is 3.72. The van der Waals surface area contributed by atoms with E-state index in [1.807, 2.05) is 6.92 Å². The van der Waals surface area contributed by atoms with Crippen LogP contribution in [0.4, 0.5) is 0 Å². The van der Waals surface area contributed by atoms with Gasteiger partial charge in [-0.1, -0.05) is 12.8 Å². The molecule has 3 rings (SSSR count). The van der Waals surface area contributed by atoms with Crippen molar-refractivity contribution in [1.29, 1.82) is 0 Å². The fraction of sp³-hybridized carbons (Fsp3) is 0.750. The first-order valence-electron chi connectivity index (χ1n) is 8.48. The van der Waals surface area contributed by atoms with Crippen LogP contribution in [-0.4, -0.2) is 42.1 Å². The molecule has 6 nitrogen and oxygen atoms in total. The number of hydrogen-bond acceptors (Lipinski definition) is 5. The van der Waals surface area contributed by atoms with Gasteiger partial charge in [0, 0.05) is 18.3 Å². The summed E-state index contributed by atoms with van der Waals surface area (Å²) in [7, 11) is -1.14. The molecule has 2 fully saturated rings. The summed E-state index contributed by atoms with van der Waals surface area (Å²) in [5.41, 5.74) is 1.88. The highest BCUT2D eigenvalue weighted by Crippen LogP contribution is 2.31. The first kappa shape index (κ1) is 16.8. The first-order valence-corrected chi connectivity index (χ1v) is 10.0. The van der Waals surface area contributed by atoms with Crippen molar-refractivity contribution in [3.63, 3.8) is 0 Å². The van der Waals surface area contributed by atoms with Gasteiger partial charge in [0.15, 0.2) is 0 Å². The van der Waals surface area contributed by atoms with Gasteiger partial charge in [0.2, 0.25) is 10.0 Å². The van der Waals surface area contributed by atoms with Gasteiger partial charge in [-0.25, -0.2) is 23.1 Å². The Morgan fingerprint density at radius 2 is 2.00 bits per heavy atom. The summed E-state index contributed by atoms with van der Waals surface area (Å²) in [5, 5.41) is -0.230. The zero-order valence-electron chi connectivity index (χ0n) is 14.0. The van der Waals surface area contributed by atoms with Crippen LogP contribution in [0.1, 0.15) is 61.6 Å². The van der Waals surface area contributed by atoms with E-state index in [1.165, 1.54) is 0 Å². The summed E-state index contributed by atoms with van der Waals surface area (Å²) in [6.45, 7) is 3.23. The molecule has 1 aromatic rings. The molecular formula is C16H26N4O2S. The van der Waals surface area contributed by atoms with Crippen molar-refractivity contribution in [3.8, 4) is 0 Å². The van der Waals surface area contributed by atoms with E-state index in [9.17, 15) is 8.42 Å². The second kappa shape index (κ2) is 6.83. The van der Waals surface area contributed by atoms with Gasteiger partial charge in [0.1, 0.15) is 5.82 Å². The van der Waals surface area contributed by atoms with Crippen molar-refractivity contribution in [2.24, 2.45) is 0 Å². The number of aromatic nitrogens is 2. The molecule has 1 aromatic heterocycles. The van der Waals surface area contributed by atoms with Gasteiger partial charge in [-0.3, -0.25) is 4.90 Å². The lowest BCUT2D eigenvalue weighted by Gasteiger charge is -2.22. The van der Waals surface area contributed by atoms with Crippen molar-refractivity contribution >= 4 is 10.0 Å². The molecule has 1 unspecified atom stereocenters. The molecule has 0 amide bonds. The maximum absolute atomic E-state index is 12.4. The molecule has 2 heterocycles. The first-order chi connectivity index (χ1) is 11.0. The zero-order chi connectivity index (χ0) is 16.4. The summed E-state index contributed by atoms with van der Waals surface area (Å²) in [5.74, 6) is 0.739. The molecule has 7 heteroatoms. The maximum atomic E-state index is 12.4. The van der Waals surface area contributed by atoms with Crippen LogP contribution in [0.15, 0.2) is 6.20 Å². The molecule has 0 radical (unpaired) electrons. The Labute approximate surface area is 138 Å². The highest BCUT2D eigenvalue weighted by molar-refractivity contribution is 7.90. The summed E-state index contributed by atoms with van der Waals surface area (Å²) < 4.78 is 27.6. The average molecular weight is 338 g/mol. The van der Waals surface area contributed by atoms with E-state index in [0.717, 1.165) is 62.2 Å². The molecule has 128 valence electrons. The highest BCUT2D eigenvalue weighted by atomic mass is 32.2. The minimum Gasteiger partial charge on any atom is -0.298 e. The van der Waals surface area contributed by atoms with Gasteiger partial charge in [-0.05, 0) is 46.2 Å². The van der Waals surface area contributed by atoms with E-state index in [2.05, 4.69) is 26.6 Å². The van der Waals surface area contributed by atoms with E-state index < -0.39 is 10.0 Å². The molecule has 2 aliphatic rings. The van der Waals surface area contributed by atoms with Crippen LogP contribution in [0.25, 0.3) is 0 Å². The standard InChI is InChI=1S/C16H26N4O2S/c1-12-17-10-13(16(19-12)15-8-5-9-20(15)2)11-18-23(21,22)14-6-3-4-7-14/h10,14-15,18H,3-9,11H2,1-2H3. The highest BCUT2D eigenvalue weighted by Gasteiger charge is 2.30. The quantitative estimate of drug-likeness (QED) is 0.888. The normalized spacial score (nSPS) is 23.7. The van der Waals surface area contributed by atoms with E-state index >= 15 is 0 Å². The Balaban J connectivity index is 1.77. The van der Waals surface area contributed by atoms with Crippen LogP contribution in [0.2, 0.25) is 0 Å². The van der Waals surface area contributed by atoms with Gasteiger partial charge < -0.3 is 0 Å². The van der Waals surface area contributed by atoms with Gasteiger partial charge in [-0.2, -0.15) is 0 Å². The van der Waals surface area contributed by atoms with Gasteiger partial charge >= 0.3 is 0 Å². The van der Waals surface area contributed by atoms with E-state index in [0.29, 0.717) is 6.54 Å². The number of sulfonamides is 1. The molecular weight excluding hydrogens is 312 g/mol. The molecule has 1 atom stereocenters. The Bertz CT molecular complexity index is 656. The fourth-order valence-electron chi connectivity index (χ4n) is 3.69. The number of aryl methyl sites for hydroxylation is 1. The van der Waals surface area contributed by atoms with Gasteiger partial charge in [-0.15, -0.1) is 0 Å². The molecule has 0 spiro atoms. The average Bonchev–Trinajstić information content (AvgIpc) is 3.17. The number of nitrogens with one attached hydrogen (secondary N) is 1. The molecule has 1 N–H and O–H groups in total. The summed E-state index contributed by atoms with van der Waals surface area (Å²) in [4.78, 5) is 11.2.